The number of fused-ring (bicyclic) bond motifs is 1. The molecule has 0 fully saturated rings. The zero-order valence-electron chi connectivity index (χ0n) is 12.6. The van der Waals surface area contributed by atoms with Gasteiger partial charge in [-0.3, -0.25) is 0 Å². The molecule has 3 rings (SSSR count). The number of benzene rings is 2. The van der Waals surface area contributed by atoms with E-state index >= 15 is 0 Å². The van der Waals surface area contributed by atoms with Crippen LogP contribution in [0.3, 0.4) is 0 Å². The number of aromatic nitrogens is 3. The van der Waals surface area contributed by atoms with E-state index in [1.54, 1.807) is 0 Å². The van der Waals surface area contributed by atoms with Gasteiger partial charge >= 0.3 is 0 Å². The maximum Gasteiger partial charge on any atom is 0.226 e. The summed E-state index contributed by atoms with van der Waals surface area (Å²) < 4.78 is 0.938. The minimum Gasteiger partial charge on any atom is -0.212 e. The molecule has 0 amide bonds. The molecule has 1 heterocycles. The van der Waals surface area contributed by atoms with Crippen LogP contribution in [0.2, 0.25) is 5.28 Å². The first-order valence-electron chi connectivity index (χ1n) is 6.95. The van der Waals surface area contributed by atoms with Crippen LogP contribution in [0.1, 0.15) is 26.6 Å². The summed E-state index contributed by atoms with van der Waals surface area (Å²) >= 11 is 9.71. The minimum atomic E-state index is -0.190. The molecule has 0 N–H and O–H groups in total. The third-order valence-corrected chi connectivity index (χ3v) is 4.18. The number of nitrogens with zero attached hydrogens (tertiary/aromatic N) is 3. The zero-order chi connectivity index (χ0) is 15.9. The summed E-state index contributed by atoms with van der Waals surface area (Å²) in [6.07, 6.45) is 0. The number of rotatable bonds is 1. The predicted octanol–water partition coefficient (Wildman–Crippen LogP) is 5.41. The van der Waals surface area contributed by atoms with Crippen LogP contribution in [0.25, 0.3) is 22.2 Å². The van der Waals surface area contributed by atoms with E-state index in [1.807, 2.05) is 12.1 Å². The SMILES string of the molecule is CC(C)(C)c1nc(Cl)nc(-c2cc3ccccc3cc2Br)n1. The van der Waals surface area contributed by atoms with E-state index in [4.69, 9.17) is 11.6 Å². The second-order valence-corrected chi connectivity index (χ2v) is 7.37. The Bertz CT molecular complexity index is 856. The van der Waals surface area contributed by atoms with E-state index in [9.17, 15) is 0 Å². The Morgan fingerprint density at radius 1 is 0.955 bits per heavy atom. The van der Waals surface area contributed by atoms with Crippen molar-refractivity contribution in [2.45, 2.75) is 26.2 Å². The van der Waals surface area contributed by atoms with Crippen LogP contribution in [0.5, 0.6) is 0 Å². The highest BCUT2D eigenvalue weighted by molar-refractivity contribution is 9.10. The topological polar surface area (TPSA) is 38.7 Å². The van der Waals surface area contributed by atoms with Crippen molar-refractivity contribution in [1.29, 1.82) is 0 Å². The van der Waals surface area contributed by atoms with E-state index in [0.717, 1.165) is 20.8 Å². The van der Waals surface area contributed by atoms with Crippen molar-refractivity contribution in [2.75, 3.05) is 0 Å². The van der Waals surface area contributed by atoms with Gasteiger partial charge in [-0.1, -0.05) is 61.0 Å². The molecule has 3 aromatic rings. The molecule has 0 saturated carbocycles. The Hall–Kier alpha value is -1.52. The lowest BCUT2D eigenvalue weighted by atomic mass is 9.96. The van der Waals surface area contributed by atoms with Crippen LogP contribution in [0.4, 0.5) is 0 Å². The highest BCUT2D eigenvalue weighted by Crippen LogP contribution is 2.32. The summed E-state index contributed by atoms with van der Waals surface area (Å²) in [4.78, 5) is 13.2. The second-order valence-electron chi connectivity index (χ2n) is 6.18. The third kappa shape index (κ3) is 2.99. The van der Waals surface area contributed by atoms with Crippen molar-refractivity contribution in [1.82, 2.24) is 15.0 Å². The van der Waals surface area contributed by atoms with Gasteiger partial charge in [0.05, 0.1) is 0 Å². The van der Waals surface area contributed by atoms with Gasteiger partial charge in [0, 0.05) is 15.5 Å². The molecule has 112 valence electrons. The molecule has 0 saturated heterocycles. The van der Waals surface area contributed by atoms with Crippen molar-refractivity contribution >= 4 is 38.3 Å². The van der Waals surface area contributed by atoms with Crippen LogP contribution >= 0.6 is 27.5 Å². The first-order chi connectivity index (χ1) is 10.3. The molecule has 5 heteroatoms. The summed E-state index contributed by atoms with van der Waals surface area (Å²) in [6.45, 7) is 6.16. The number of hydrogen-bond acceptors (Lipinski definition) is 3. The number of halogens is 2. The molecule has 0 spiro atoms. The van der Waals surface area contributed by atoms with E-state index in [0.29, 0.717) is 11.6 Å². The monoisotopic (exact) mass is 375 g/mol. The smallest absolute Gasteiger partial charge is 0.212 e. The average Bonchev–Trinajstić information content (AvgIpc) is 2.45. The Kier molecular flexibility index (Phi) is 3.91. The first-order valence-corrected chi connectivity index (χ1v) is 8.12. The molecule has 0 unspecified atom stereocenters. The fraction of sp³-hybridized carbons (Fsp3) is 0.235. The van der Waals surface area contributed by atoms with Crippen molar-refractivity contribution < 1.29 is 0 Å². The standard InChI is InChI=1S/C17H15BrClN3/c1-17(2,3)15-20-14(21-16(19)22-15)12-8-10-6-4-5-7-11(10)9-13(12)18/h4-9H,1-3H3. The fourth-order valence-corrected chi connectivity index (χ4v) is 2.89. The van der Waals surface area contributed by atoms with Gasteiger partial charge in [0.15, 0.2) is 5.82 Å². The Balaban J connectivity index is 2.23. The highest BCUT2D eigenvalue weighted by atomic mass is 79.9. The molecule has 0 atom stereocenters. The van der Waals surface area contributed by atoms with Crippen LogP contribution in [-0.2, 0) is 5.41 Å². The molecule has 0 aliphatic carbocycles. The third-order valence-electron chi connectivity index (χ3n) is 3.36. The van der Waals surface area contributed by atoms with Crippen LogP contribution in [0.15, 0.2) is 40.9 Å². The van der Waals surface area contributed by atoms with Gasteiger partial charge in [0.1, 0.15) is 5.82 Å². The van der Waals surface area contributed by atoms with Crippen molar-refractivity contribution in [2.24, 2.45) is 0 Å². The lowest BCUT2D eigenvalue weighted by Gasteiger charge is -2.17. The Morgan fingerprint density at radius 3 is 2.23 bits per heavy atom. The van der Waals surface area contributed by atoms with E-state index in [2.05, 4.69) is 75.9 Å². The van der Waals surface area contributed by atoms with E-state index in [1.165, 1.54) is 0 Å². The first kappa shape index (κ1) is 15.4. The summed E-state index contributed by atoms with van der Waals surface area (Å²) in [5.41, 5.74) is 0.721. The summed E-state index contributed by atoms with van der Waals surface area (Å²) in [5, 5.41) is 2.51. The fourth-order valence-electron chi connectivity index (χ4n) is 2.19. The van der Waals surface area contributed by atoms with Crippen molar-refractivity contribution in [3.8, 4) is 11.4 Å². The summed E-state index contributed by atoms with van der Waals surface area (Å²) in [5.74, 6) is 1.27. The molecule has 22 heavy (non-hydrogen) atoms. The maximum absolute atomic E-state index is 6.10. The van der Waals surface area contributed by atoms with Gasteiger partial charge < -0.3 is 0 Å². The largest absolute Gasteiger partial charge is 0.226 e. The summed E-state index contributed by atoms with van der Waals surface area (Å²) in [6, 6.07) is 12.3. The molecular formula is C17H15BrClN3. The lowest BCUT2D eigenvalue weighted by Crippen LogP contribution is -2.17. The average molecular weight is 377 g/mol. The van der Waals surface area contributed by atoms with Gasteiger partial charge in [-0.2, -0.15) is 4.98 Å². The molecular weight excluding hydrogens is 362 g/mol. The molecule has 0 radical (unpaired) electrons. The van der Waals surface area contributed by atoms with Crippen LogP contribution < -0.4 is 0 Å². The van der Waals surface area contributed by atoms with E-state index < -0.39 is 0 Å². The van der Waals surface area contributed by atoms with Crippen molar-refractivity contribution in [3.05, 3.63) is 52.0 Å². The molecule has 0 bridgehead atoms. The summed E-state index contributed by atoms with van der Waals surface area (Å²) in [7, 11) is 0. The highest BCUT2D eigenvalue weighted by Gasteiger charge is 2.20. The van der Waals surface area contributed by atoms with Gasteiger partial charge in [-0.15, -0.1) is 0 Å². The van der Waals surface area contributed by atoms with E-state index in [-0.39, 0.29) is 10.7 Å². The molecule has 3 nitrogen and oxygen atoms in total. The van der Waals surface area contributed by atoms with Crippen LogP contribution in [0, 0.1) is 0 Å². The van der Waals surface area contributed by atoms with Crippen LogP contribution in [-0.4, -0.2) is 15.0 Å². The molecule has 2 aromatic carbocycles. The normalized spacial score (nSPS) is 11.9. The minimum absolute atomic E-state index is 0.190. The molecule has 1 aromatic heterocycles. The number of hydrogen-bond donors (Lipinski definition) is 0. The van der Waals surface area contributed by atoms with Gasteiger partial charge in [-0.05, 0) is 34.5 Å². The quantitative estimate of drug-likeness (QED) is 0.570. The zero-order valence-corrected chi connectivity index (χ0v) is 14.9. The Morgan fingerprint density at radius 2 is 1.59 bits per heavy atom. The predicted molar refractivity (Wildman–Crippen MR) is 94.2 cm³/mol. The molecule has 0 aliphatic rings. The molecule has 0 aliphatic heterocycles. The van der Waals surface area contributed by atoms with Gasteiger partial charge in [-0.25, -0.2) is 9.97 Å². The Labute approximate surface area is 142 Å². The lowest BCUT2D eigenvalue weighted by molar-refractivity contribution is 0.542. The van der Waals surface area contributed by atoms with Gasteiger partial charge in [0.25, 0.3) is 0 Å². The second kappa shape index (κ2) is 5.60. The van der Waals surface area contributed by atoms with Crippen molar-refractivity contribution in [3.63, 3.8) is 0 Å². The maximum atomic E-state index is 6.10. The van der Waals surface area contributed by atoms with Gasteiger partial charge in [0.2, 0.25) is 5.28 Å².